The summed E-state index contributed by atoms with van der Waals surface area (Å²) in [6.45, 7) is 3.96. The highest BCUT2D eigenvalue weighted by Crippen LogP contribution is 2.38. The summed E-state index contributed by atoms with van der Waals surface area (Å²) in [6.07, 6.45) is 0. The highest BCUT2D eigenvalue weighted by atomic mass is 32.2. The minimum absolute atomic E-state index is 0.0136. The van der Waals surface area contributed by atoms with Crippen molar-refractivity contribution in [1.82, 2.24) is 0 Å². The first kappa shape index (κ1) is 16.1. The molecule has 5 nitrogen and oxygen atoms in total. The molecule has 25 heavy (non-hydrogen) atoms. The normalized spacial score (nSPS) is 24.6. The van der Waals surface area contributed by atoms with Crippen LogP contribution in [0.4, 0.5) is 16.2 Å². The second kappa shape index (κ2) is 5.59. The largest absolute Gasteiger partial charge is 0.329 e. The zero-order valence-electron chi connectivity index (χ0n) is 14.2. The summed E-state index contributed by atoms with van der Waals surface area (Å²) in [5.74, 6) is 0.0275. The Kier molecular flexibility index (Phi) is 3.61. The maximum absolute atomic E-state index is 13.2. The molecular formula is C19H20N2O3S. The van der Waals surface area contributed by atoms with Gasteiger partial charge in [-0.2, -0.15) is 0 Å². The number of urea groups is 1. The van der Waals surface area contributed by atoms with Crippen molar-refractivity contribution in [1.29, 1.82) is 0 Å². The molecule has 0 spiro atoms. The third-order valence-corrected chi connectivity index (χ3v) is 6.71. The third-order valence-electron chi connectivity index (χ3n) is 5.02. The summed E-state index contributed by atoms with van der Waals surface area (Å²) in [5, 5.41) is 0. The zero-order chi connectivity index (χ0) is 17.8. The molecule has 2 aliphatic heterocycles. The number of hydrogen-bond donors (Lipinski definition) is 0. The standard InChI is InChI=1S/C19H20N2O3S/c1-13-8-9-16(14(2)10-13)21-18-12-25(23,24)11-17(18)20(19(21)22)15-6-4-3-5-7-15/h3-10,17-18H,11-12H2,1-2H3/t17-,18-/m0/s1. The van der Waals surface area contributed by atoms with Gasteiger partial charge in [0, 0.05) is 11.4 Å². The predicted octanol–water partition coefficient (Wildman–Crippen LogP) is 2.92. The third kappa shape index (κ3) is 2.61. The van der Waals surface area contributed by atoms with Gasteiger partial charge in [-0.05, 0) is 37.6 Å². The van der Waals surface area contributed by atoms with Crippen molar-refractivity contribution in [2.24, 2.45) is 0 Å². The van der Waals surface area contributed by atoms with E-state index in [0.29, 0.717) is 0 Å². The number of para-hydroxylation sites is 1. The molecule has 6 heteroatoms. The number of hydrogen-bond acceptors (Lipinski definition) is 3. The molecule has 0 bridgehead atoms. The first-order chi connectivity index (χ1) is 11.9. The van der Waals surface area contributed by atoms with E-state index < -0.39 is 9.84 Å². The van der Waals surface area contributed by atoms with Crippen molar-refractivity contribution >= 4 is 27.2 Å². The fraction of sp³-hybridized carbons (Fsp3) is 0.316. The number of sulfone groups is 1. The van der Waals surface area contributed by atoms with E-state index in [9.17, 15) is 13.2 Å². The molecule has 0 saturated carbocycles. The SMILES string of the molecule is Cc1ccc(N2C(=O)N(c3ccccc3)[C@H]3CS(=O)(=O)C[C@@H]32)c(C)c1. The Morgan fingerprint density at radius 2 is 1.56 bits per heavy atom. The van der Waals surface area contributed by atoms with E-state index in [0.717, 1.165) is 22.5 Å². The van der Waals surface area contributed by atoms with E-state index in [1.54, 1.807) is 9.80 Å². The first-order valence-corrected chi connectivity index (χ1v) is 10.1. The fourth-order valence-electron chi connectivity index (χ4n) is 3.95. The van der Waals surface area contributed by atoms with Gasteiger partial charge in [0.25, 0.3) is 0 Å². The van der Waals surface area contributed by atoms with Crippen LogP contribution >= 0.6 is 0 Å². The van der Waals surface area contributed by atoms with E-state index in [-0.39, 0.29) is 29.6 Å². The van der Waals surface area contributed by atoms with E-state index in [1.165, 1.54) is 0 Å². The first-order valence-electron chi connectivity index (χ1n) is 8.32. The highest BCUT2D eigenvalue weighted by molar-refractivity contribution is 7.91. The molecule has 0 aromatic heterocycles. The molecule has 2 aromatic carbocycles. The number of aryl methyl sites for hydroxylation is 2. The molecule has 4 rings (SSSR count). The molecule has 2 atom stereocenters. The Hall–Kier alpha value is -2.34. The number of nitrogens with zero attached hydrogens (tertiary/aromatic N) is 2. The number of carbonyl (C=O) groups excluding carboxylic acids is 1. The lowest BCUT2D eigenvalue weighted by Gasteiger charge is -2.24. The van der Waals surface area contributed by atoms with E-state index in [4.69, 9.17) is 0 Å². The van der Waals surface area contributed by atoms with Gasteiger partial charge in [0.05, 0.1) is 23.6 Å². The second-order valence-electron chi connectivity index (χ2n) is 6.86. The monoisotopic (exact) mass is 356 g/mol. The molecule has 2 fully saturated rings. The Morgan fingerprint density at radius 1 is 0.920 bits per heavy atom. The molecule has 2 heterocycles. The summed E-state index contributed by atoms with van der Waals surface area (Å²) < 4.78 is 24.6. The van der Waals surface area contributed by atoms with Crippen LogP contribution in [0.15, 0.2) is 48.5 Å². The summed E-state index contributed by atoms with van der Waals surface area (Å²) in [7, 11) is -3.17. The molecule has 0 unspecified atom stereocenters. The van der Waals surface area contributed by atoms with Gasteiger partial charge in [0.2, 0.25) is 0 Å². The van der Waals surface area contributed by atoms with Crippen LogP contribution < -0.4 is 9.80 Å². The lowest BCUT2D eigenvalue weighted by Crippen LogP contribution is -2.38. The molecule has 130 valence electrons. The van der Waals surface area contributed by atoms with Crippen molar-refractivity contribution in [2.75, 3.05) is 21.3 Å². The molecule has 0 radical (unpaired) electrons. The predicted molar refractivity (Wildman–Crippen MR) is 98.9 cm³/mol. The van der Waals surface area contributed by atoms with Crippen molar-refractivity contribution in [2.45, 2.75) is 25.9 Å². The smallest absolute Gasteiger partial charge is 0.288 e. The van der Waals surface area contributed by atoms with Crippen LogP contribution in [-0.4, -0.2) is 38.0 Å². The summed E-state index contributed by atoms with van der Waals surface area (Å²) in [4.78, 5) is 16.6. The second-order valence-corrected chi connectivity index (χ2v) is 9.01. The van der Waals surface area contributed by atoms with Gasteiger partial charge in [-0.25, -0.2) is 13.2 Å². The van der Waals surface area contributed by atoms with Crippen LogP contribution in [0.1, 0.15) is 11.1 Å². The van der Waals surface area contributed by atoms with Gasteiger partial charge in [-0.3, -0.25) is 9.80 Å². The van der Waals surface area contributed by atoms with Crippen LogP contribution in [0.3, 0.4) is 0 Å². The van der Waals surface area contributed by atoms with Gasteiger partial charge in [-0.15, -0.1) is 0 Å². The molecule has 2 aliphatic rings. The van der Waals surface area contributed by atoms with Gasteiger partial charge < -0.3 is 0 Å². The Labute approximate surface area is 147 Å². The molecular weight excluding hydrogens is 336 g/mol. The lowest BCUT2D eigenvalue weighted by molar-refractivity contribution is 0.255. The van der Waals surface area contributed by atoms with Crippen LogP contribution in [0.5, 0.6) is 0 Å². The summed E-state index contributed by atoms with van der Waals surface area (Å²) >= 11 is 0. The molecule has 0 N–H and O–H groups in total. The van der Waals surface area contributed by atoms with Crippen molar-refractivity contribution < 1.29 is 13.2 Å². The molecule has 2 aromatic rings. The highest BCUT2D eigenvalue weighted by Gasteiger charge is 2.54. The number of fused-ring (bicyclic) bond motifs is 1. The quantitative estimate of drug-likeness (QED) is 0.778. The van der Waals surface area contributed by atoms with Gasteiger partial charge >= 0.3 is 6.03 Å². The average Bonchev–Trinajstić information content (AvgIpc) is 2.98. The Balaban J connectivity index is 1.83. The van der Waals surface area contributed by atoms with Crippen LogP contribution in [0.2, 0.25) is 0 Å². The van der Waals surface area contributed by atoms with Crippen molar-refractivity contribution in [3.05, 3.63) is 59.7 Å². The van der Waals surface area contributed by atoms with E-state index in [2.05, 4.69) is 0 Å². The maximum atomic E-state index is 13.2. The van der Waals surface area contributed by atoms with Crippen LogP contribution in [0, 0.1) is 13.8 Å². The summed E-state index contributed by atoms with van der Waals surface area (Å²) in [5.41, 5.74) is 3.63. The van der Waals surface area contributed by atoms with Crippen LogP contribution in [-0.2, 0) is 9.84 Å². The molecule has 2 amide bonds. The van der Waals surface area contributed by atoms with Gasteiger partial charge in [0.15, 0.2) is 9.84 Å². The fourth-order valence-corrected chi connectivity index (χ4v) is 5.87. The minimum atomic E-state index is -3.17. The van der Waals surface area contributed by atoms with Crippen LogP contribution in [0.25, 0.3) is 0 Å². The summed E-state index contributed by atoms with van der Waals surface area (Å²) in [6, 6.07) is 14.4. The number of amides is 2. The number of carbonyl (C=O) groups is 1. The van der Waals surface area contributed by atoms with Gasteiger partial charge in [-0.1, -0.05) is 35.9 Å². The molecule has 0 aliphatic carbocycles. The Bertz CT molecular complexity index is 940. The van der Waals surface area contributed by atoms with E-state index >= 15 is 0 Å². The number of benzene rings is 2. The Morgan fingerprint density at radius 3 is 2.20 bits per heavy atom. The number of rotatable bonds is 2. The zero-order valence-corrected chi connectivity index (χ0v) is 15.0. The topological polar surface area (TPSA) is 57.7 Å². The van der Waals surface area contributed by atoms with E-state index in [1.807, 2.05) is 62.4 Å². The van der Waals surface area contributed by atoms with Crippen molar-refractivity contribution in [3.8, 4) is 0 Å². The van der Waals surface area contributed by atoms with Gasteiger partial charge in [0.1, 0.15) is 0 Å². The minimum Gasteiger partial charge on any atom is -0.288 e. The van der Waals surface area contributed by atoms with Crippen molar-refractivity contribution in [3.63, 3.8) is 0 Å². The number of anilines is 2. The lowest BCUT2D eigenvalue weighted by atomic mass is 10.1. The average molecular weight is 356 g/mol. The maximum Gasteiger partial charge on any atom is 0.329 e. The molecule has 2 saturated heterocycles.